The molecule has 0 heterocycles. The van der Waals surface area contributed by atoms with Crippen LogP contribution in [-0.2, 0) is 9.53 Å². The van der Waals surface area contributed by atoms with E-state index in [1.807, 2.05) is 13.8 Å². The average molecular weight is 296 g/mol. The normalized spacial score (nSPS) is 10.2. The lowest BCUT2D eigenvalue weighted by molar-refractivity contribution is -0.115. The Balaban J connectivity index is 2.58. The van der Waals surface area contributed by atoms with Gasteiger partial charge in [0, 0.05) is 25.4 Å². The minimum atomic E-state index is -0.113. The molecule has 0 radical (unpaired) electrons. The van der Waals surface area contributed by atoms with E-state index in [-0.39, 0.29) is 12.5 Å². The third-order valence-corrected chi connectivity index (χ3v) is 2.60. The van der Waals surface area contributed by atoms with E-state index < -0.39 is 0 Å². The minimum absolute atomic E-state index is 0.113. The Morgan fingerprint density at radius 2 is 1.86 bits per heavy atom. The number of hydrogen-bond acceptors (Lipinski definition) is 5. The third-order valence-electron chi connectivity index (χ3n) is 2.60. The first kappa shape index (κ1) is 17.3. The van der Waals surface area contributed by atoms with Crippen LogP contribution in [0.25, 0.3) is 0 Å². The van der Waals surface area contributed by atoms with Crippen LogP contribution in [0.3, 0.4) is 0 Å². The molecule has 0 unspecified atom stereocenters. The van der Waals surface area contributed by atoms with E-state index in [0.717, 1.165) is 0 Å². The van der Waals surface area contributed by atoms with Crippen molar-refractivity contribution in [3.63, 3.8) is 0 Å². The first-order chi connectivity index (χ1) is 10.2. The highest BCUT2D eigenvalue weighted by Crippen LogP contribution is 2.30. The highest BCUT2D eigenvalue weighted by molar-refractivity contribution is 5.92. The van der Waals surface area contributed by atoms with Crippen LogP contribution in [-0.4, -0.2) is 45.9 Å². The molecule has 0 bridgehead atoms. The number of anilines is 1. The highest BCUT2D eigenvalue weighted by atomic mass is 16.5. The van der Waals surface area contributed by atoms with E-state index >= 15 is 0 Å². The van der Waals surface area contributed by atoms with Gasteiger partial charge in [-0.1, -0.05) is 0 Å². The number of methoxy groups -OCH3 is 1. The van der Waals surface area contributed by atoms with Crippen LogP contribution >= 0.6 is 0 Å². The quantitative estimate of drug-likeness (QED) is 0.643. The topological polar surface area (TPSA) is 68.8 Å². The summed E-state index contributed by atoms with van der Waals surface area (Å²) in [6.45, 7) is 6.37. The summed E-state index contributed by atoms with van der Waals surface area (Å²) < 4.78 is 15.9. The zero-order valence-corrected chi connectivity index (χ0v) is 12.9. The van der Waals surface area contributed by atoms with Gasteiger partial charge in [0.05, 0.1) is 26.4 Å². The van der Waals surface area contributed by atoms with Crippen molar-refractivity contribution in [2.24, 2.45) is 0 Å². The smallest absolute Gasteiger partial charge is 0.238 e. The standard InChI is InChI=1S/C15H24N2O4/c1-4-20-13-7-6-12(10-14(13)21-5-2)17-15(18)11-16-8-9-19-3/h6-7,10,16H,4-5,8-9,11H2,1-3H3,(H,17,18). The second kappa shape index (κ2) is 10.0. The van der Waals surface area contributed by atoms with Crippen LogP contribution in [0, 0.1) is 0 Å². The van der Waals surface area contributed by atoms with Crippen molar-refractivity contribution in [2.45, 2.75) is 13.8 Å². The summed E-state index contributed by atoms with van der Waals surface area (Å²) in [5.41, 5.74) is 0.681. The van der Waals surface area contributed by atoms with Crippen LogP contribution in [0.2, 0.25) is 0 Å². The number of hydrogen-bond donors (Lipinski definition) is 2. The molecule has 1 aromatic rings. The average Bonchev–Trinajstić information content (AvgIpc) is 2.47. The minimum Gasteiger partial charge on any atom is -0.490 e. The van der Waals surface area contributed by atoms with Gasteiger partial charge >= 0.3 is 0 Å². The van der Waals surface area contributed by atoms with Crippen molar-refractivity contribution >= 4 is 11.6 Å². The first-order valence-corrected chi connectivity index (χ1v) is 7.10. The Labute approximate surface area is 125 Å². The molecule has 0 aromatic heterocycles. The van der Waals surface area contributed by atoms with Crippen LogP contribution < -0.4 is 20.1 Å². The Morgan fingerprint density at radius 3 is 2.52 bits per heavy atom. The van der Waals surface area contributed by atoms with Crippen molar-refractivity contribution in [1.82, 2.24) is 5.32 Å². The summed E-state index contributed by atoms with van der Waals surface area (Å²) in [7, 11) is 1.62. The van der Waals surface area contributed by atoms with E-state index in [1.54, 1.807) is 25.3 Å². The second-order valence-corrected chi connectivity index (χ2v) is 4.25. The predicted molar refractivity (Wildman–Crippen MR) is 82.2 cm³/mol. The predicted octanol–water partition coefficient (Wildman–Crippen LogP) is 1.66. The van der Waals surface area contributed by atoms with Crippen molar-refractivity contribution < 1.29 is 19.0 Å². The molecule has 0 saturated heterocycles. The molecule has 1 aromatic carbocycles. The summed E-state index contributed by atoms with van der Waals surface area (Å²) in [5, 5.41) is 5.79. The maximum Gasteiger partial charge on any atom is 0.238 e. The maximum absolute atomic E-state index is 11.8. The Morgan fingerprint density at radius 1 is 1.14 bits per heavy atom. The number of carbonyl (C=O) groups is 1. The van der Waals surface area contributed by atoms with Gasteiger partial charge in [-0.15, -0.1) is 0 Å². The molecule has 1 rings (SSSR count). The lowest BCUT2D eigenvalue weighted by Crippen LogP contribution is -2.30. The van der Waals surface area contributed by atoms with E-state index in [2.05, 4.69) is 10.6 Å². The number of nitrogens with one attached hydrogen (secondary N) is 2. The number of benzene rings is 1. The van der Waals surface area contributed by atoms with Crippen molar-refractivity contribution in [2.75, 3.05) is 45.3 Å². The molecule has 21 heavy (non-hydrogen) atoms. The van der Waals surface area contributed by atoms with Gasteiger partial charge in [-0.25, -0.2) is 0 Å². The molecule has 0 atom stereocenters. The van der Waals surface area contributed by atoms with Crippen molar-refractivity contribution in [3.05, 3.63) is 18.2 Å². The molecule has 0 aliphatic rings. The van der Waals surface area contributed by atoms with Crippen molar-refractivity contribution in [3.8, 4) is 11.5 Å². The fourth-order valence-corrected chi connectivity index (χ4v) is 1.71. The van der Waals surface area contributed by atoms with Crippen LogP contribution in [0.15, 0.2) is 18.2 Å². The Kier molecular flexibility index (Phi) is 8.23. The van der Waals surface area contributed by atoms with Crippen LogP contribution in [0.1, 0.15) is 13.8 Å². The molecule has 0 fully saturated rings. The Hall–Kier alpha value is -1.79. The summed E-state index contributed by atoms with van der Waals surface area (Å²) in [6.07, 6.45) is 0. The summed E-state index contributed by atoms with van der Waals surface area (Å²) >= 11 is 0. The number of carbonyl (C=O) groups excluding carboxylic acids is 1. The molecule has 0 aliphatic heterocycles. The second-order valence-electron chi connectivity index (χ2n) is 4.25. The van der Waals surface area contributed by atoms with Gasteiger partial charge in [0.25, 0.3) is 0 Å². The van der Waals surface area contributed by atoms with Gasteiger partial charge in [-0.2, -0.15) is 0 Å². The largest absolute Gasteiger partial charge is 0.490 e. The van der Waals surface area contributed by atoms with E-state index in [0.29, 0.717) is 43.6 Å². The molecule has 0 saturated carbocycles. The molecule has 0 aliphatic carbocycles. The summed E-state index contributed by atoms with van der Waals surface area (Å²) in [6, 6.07) is 5.35. The van der Waals surface area contributed by atoms with Gasteiger partial charge in [0.1, 0.15) is 0 Å². The molecule has 0 spiro atoms. The van der Waals surface area contributed by atoms with Crippen LogP contribution in [0.5, 0.6) is 11.5 Å². The number of amides is 1. The van der Waals surface area contributed by atoms with E-state index in [1.165, 1.54) is 0 Å². The van der Waals surface area contributed by atoms with Crippen molar-refractivity contribution in [1.29, 1.82) is 0 Å². The zero-order valence-electron chi connectivity index (χ0n) is 12.9. The van der Waals surface area contributed by atoms with Gasteiger partial charge in [0.2, 0.25) is 5.91 Å². The lowest BCUT2D eigenvalue weighted by atomic mass is 10.2. The monoisotopic (exact) mass is 296 g/mol. The lowest BCUT2D eigenvalue weighted by Gasteiger charge is -2.13. The molecule has 1 amide bonds. The molecule has 6 heteroatoms. The molecule has 2 N–H and O–H groups in total. The zero-order chi connectivity index (χ0) is 15.5. The van der Waals surface area contributed by atoms with Gasteiger partial charge in [0.15, 0.2) is 11.5 Å². The number of ether oxygens (including phenoxy) is 3. The fourth-order valence-electron chi connectivity index (χ4n) is 1.71. The molecule has 6 nitrogen and oxygen atoms in total. The first-order valence-electron chi connectivity index (χ1n) is 7.10. The summed E-state index contributed by atoms with van der Waals surface area (Å²) in [4.78, 5) is 11.8. The maximum atomic E-state index is 11.8. The molecule has 118 valence electrons. The SMILES string of the molecule is CCOc1ccc(NC(=O)CNCCOC)cc1OCC. The van der Waals surface area contributed by atoms with Gasteiger partial charge in [-0.05, 0) is 26.0 Å². The van der Waals surface area contributed by atoms with Gasteiger partial charge in [-0.3, -0.25) is 4.79 Å². The highest BCUT2D eigenvalue weighted by Gasteiger charge is 2.08. The Bertz CT molecular complexity index is 438. The third kappa shape index (κ3) is 6.46. The molecular weight excluding hydrogens is 272 g/mol. The summed E-state index contributed by atoms with van der Waals surface area (Å²) in [5.74, 6) is 1.19. The van der Waals surface area contributed by atoms with E-state index in [9.17, 15) is 4.79 Å². The molecular formula is C15H24N2O4. The number of rotatable bonds is 10. The van der Waals surface area contributed by atoms with E-state index in [4.69, 9.17) is 14.2 Å². The fraction of sp³-hybridized carbons (Fsp3) is 0.533. The van der Waals surface area contributed by atoms with Gasteiger partial charge < -0.3 is 24.8 Å². The van der Waals surface area contributed by atoms with Crippen LogP contribution in [0.4, 0.5) is 5.69 Å².